The molecule has 102 valence electrons. The predicted octanol–water partition coefficient (Wildman–Crippen LogP) is 3.88. The highest BCUT2D eigenvalue weighted by Crippen LogP contribution is 2.30. The van der Waals surface area contributed by atoms with E-state index in [9.17, 15) is 4.79 Å². The van der Waals surface area contributed by atoms with Crippen LogP contribution in [0.15, 0.2) is 39.2 Å². The van der Waals surface area contributed by atoms with Crippen LogP contribution in [0.3, 0.4) is 0 Å². The van der Waals surface area contributed by atoms with E-state index in [2.05, 4.69) is 0 Å². The van der Waals surface area contributed by atoms with Crippen molar-refractivity contribution in [2.75, 3.05) is 7.11 Å². The number of hydrogen-bond donors (Lipinski definition) is 0. The molecule has 0 amide bonds. The summed E-state index contributed by atoms with van der Waals surface area (Å²) in [6, 6.07) is 8.92. The first-order chi connectivity index (χ1) is 9.60. The summed E-state index contributed by atoms with van der Waals surface area (Å²) >= 11 is 0. The van der Waals surface area contributed by atoms with Gasteiger partial charge in [-0.2, -0.15) is 0 Å². The summed E-state index contributed by atoms with van der Waals surface area (Å²) in [7, 11) is 1.59. The minimum Gasteiger partial charge on any atom is -0.497 e. The molecule has 1 aromatic carbocycles. The van der Waals surface area contributed by atoms with E-state index in [1.165, 1.54) is 0 Å². The molecule has 0 aliphatic carbocycles. The molecule has 0 saturated heterocycles. The van der Waals surface area contributed by atoms with E-state index in [1.807, 2.05) is 19.1 Å². The highest BCUT2D eigenvalue weighted by molar-refractivity contribution is 6.09. The van der Waals surface area contributed by atoms with Gasteiger partial charge in [0, 0.05) is 17.0 Å². The number of aryl methyl sites for hydroxylation is 2. The molecule has 0 aliphatic heterocycles. The fourth-order valence-corrected chi connectivity index (χ4v) is 2.22. The second-order valence-corrected chi connectivity index (χ2v) is 4.66. The first kappa shape index (κ1) is 12.5. The summed E-state index contributed by atoms with van der Waals surface area (Å²) in [4.78, 5) is 12.4. The number of rotatable bonds is 3. The van der Waals surface area contributed by atoms with Crippen LogP contribution in [0.1, 0.15) is 27.6 Å². The Morgan fingerprint density at radius 1 is 1.10 bits per heavy atom. The lowest BCUT2D eigenvalue weighted by Gasteiger charge is -1.97. The quantitative estimate of drug-likeness (QED) is 0.678. The van der Waals surface area contributed by atoms with Gasteiger partial charge in [-0.15, -0.1) is 0 Å². The fourth-order valence-electron chi connectivity index (χ4n) is 2.22. The highest BCUT2D eigenvalue weighted by Gasteiger charge is 2.21. The molecule has 2 heterocycles. The third-order valence-corrected chi connectivity index (χ3v) is 3.32. The monoisotopic (exact) mass is 270 g/mol. The molecule has 0 bridgehead atoms. The summed E-state index contributed by atoms with van der Waals surface area (Å²) in [5, 5.41) is 0.900. The van der Waals surface area contributed by atoms with Gasteiger partial charge < -0.3 is 13.6 Å². The van der Waals surface area contributed by atoms with Crippen molar-refractivity contribution in [3.05, 3.63) is 53.2 Å². The van der Waals surface area contributed by atoms with Gasteiger partial charge in [0.05, 0.1) is 7.11 Å². The van der Waals surface area contributed by atoms with Crippen molar-refractivity contribution in [3.8, 4) is 5.75 Å². The van der Waals surface area contributed by atoms with Crippen LogP contribution in [0.4, 0.5) is 0 Å². The first-order valence-corrected chi connectivity index (χ1v) is 6.28. The Kier molecular flexibility index (Phi) is 2.86. The molecule has 0 saturated carbocycles. The lowest BCUT2D eigenvalue weighted by molar-refractivity contribution is 0.0983. The maximum absolute atomic E-state index is 12.4. The standard InChI is InChI=1S/C16H14O4/c1-9-4-7-13(19-9)15(17)16-10(2)12-6-5-11(18-3)8-14(12)20-16/h4-8H,1-3H3. The Balaban J connectivity index is 2.12. The average Bonchev–Trinajstić information content (AvgIpc) is 3.02. The van der Waals surface area contributed by atoms with Gasteiger partial charge in [-0.05, 0) is 38.1 Å². The maximum Gasteiger partial charge on any atom is 0.263 e. The number of hydrogen-bond acceptors (Lipinski definition) is 4. The normalized spacial score (nSPS) is 10.9. The zero-order valence-corrected chi connectivity index (χ0v) is 11.5. The van der Waals surface area contributed by atoms with E-state index in [4.69, 9.17) is 13.6 Å². The number of carbonyl (C=O) groups is 1. The van der Waals surface area contributed by atoms with E-state index in [0.717, 1.165) is 10.9 Å². The predicted molar refractivity (Wildman–Crippen MR) is 74.4 cm³/mol. The average molecular weight is 270 g/mol. The third kappa shape index (κ3) is 1.90. The van der Waals surface area contributed by atoms with Gasteiger partial charge in [0.15, 0.2) is 11.5 Å². The molecule has 3 rings (SSSR count). The molecule has 2 aromatic heterocycles. The molecule has 20 heavy (non-hydrogen) atoms. The summed E-state index contributed by atoms with van der Waals surface area (Å²) in [6.45, 7) is 3.66. The van der Waals surface area contributed by atoms with Crippen LogP contribution in [-0.2, 0) is 0 Å². The molecule has 0 fully saturated rings. The van der Waals surface area contributed by atoms with Crippen LogP contribution in [0, 0.1) is 13.8 Å². The summed E-state index contributed by atoms with van der Waals surface area (Å²) in [5.74, 6) is 1.74. The Labute approximate surface area is 115 Å². The van der Waals surface area contributed by atoms with Crippen molar-refractivity contribution in [3.63, 3.8) is 0 Å². The summed E-state index contributed by atoms with van der Waals surface area (Å²) in [5.41, 5.74) is 1.44. The van der Waals surface area contributed by atoms with Crippen LogP contribution in [0.5, 0.6) is 5.75 Å². The Morgan fingerprint density at radius 2 is 1.90 bits per heavy atom. The molecule has 0 spiro atoms. The number of ketones is 1. The van der Waals surface area contributed by atoms with Gasteiger partial charge in [0.25, 0.3) is 5.78 Å². The number of ether oxygens (including phenoxy) is 1. The molecule has 4 heteroatoms. The van der Waals surface area contributed by atoms with Crippen molar-refractivity contribution < 1.29 is 18.4 Å². The Bertz CT molecular complexity index is 792. The molecular weight excluding hydrogens is 256 g/mol. The van der Waals surface area contributed by atoms with Crippen molar-refractivity contribution in [2.24, 2.45) is 0 Å². The summed E-state index contributed by atoms with van der Waals surface area (Å²) in [6.07, 6.45) is 0. The van der Waals surface area contributed by atoms with Crippen LogP contribution < -0.4 is 4.74 Å². The minimum absolute atomic E-state index is 0.245. The van der Waals surface area contributed by atoms with Gasteiger partial charge >= 0.3 is 0 Å². The Morgan fingerprint density at radius 3 is 2.55 bits per heavy atom. The number of carbonyl (C=O) groups excluding carboxylic acids is 1. The number of benzene rings is 1. The van der Waals surface area contributed by atoms with Crippen molar-refractivity contribution >= 4 is 16.8 Å². The van der Waals surface area contributed by atoms with Crippen LogP contribution in [0.25, 0.3) is 11.0 Å². The van der Waals surface area contributed by atoms with Gasteiger partial charge in [0.2, 0.25) is 0 Å². The molecule has 0 radical (unpaired) electrons. The number of methoxy groups -OCH3 is 1. The van der Waals surface area contributed by atoms with E-state index in [0.29, 0.717) is 22.9 Å². The van der Waals surface area contributed by atoms with Crippen LogP contribution in [-0.4, -0.2) is 12.9 Å². The SMILES string of the molecule is COc1ccc2c(C)c(C(=O)c3ccc(C)o3)oc2c1. The van der Waals surface area contributed by atoms with Crippen molar-refractivity contribution in [1.82, 2.24) is 0 Å². The van der Waals surface area contributed by atoms with Gasteiger partial charge in [-0.3, -0.25) is 4.79 Å². The van der Waals surface area contributed by atoms with Gasteiger partial charge in [-0.25, -0.2) is 0 Å². The molecular formula is C16H14O4. The lowest BCUT2D eigenvalue weighted by Crippen LogP contribution is -1.99. The molecule has 0 atom stereocenters. The number of furan rings is 2. The van der Waals surface area contributed by atoms with E-state index < -0.39 is 0 Å². The number of fused-ring (bicyclic) bond motifs is 1. The molecule has 3 aromatic rings. The first-order valence-electron chi connectivity index (χ1n) is 6.28. The minimum atomic E-state index is -0.245. The zero-order valence-electron chi connectivity index (χ0n) is 11.5. The van der Waals surface area contributed by atoms with Gasteiger partial charge in [-0.1, -0.05) is 0 Å². The molecule has 0 aliphatic rings. The second kappa shape index (κ2) is 4.56. The second-order valence-electron chi connectivity index (χ2n) is 4.66. The fraction of sp³-hybridized carbons (Fsp3) is 0.188. The molecule has 4 nitrogen and oxygen atoms in total. The van der Waals surface area contributed by atoms with Crippen molar-refractivity contribution in [2.45, 2.75) is 13.8 Å². The summed E-state index contributed by atoms with van der Waals surface area (Å²) < 4.78 is 16.2. The van der Waals surface area contributed by atoms with Crippen LogP contribution >= 0.6 is 0 Å². The van der Waals surface area contributed by atoms with Crippen molar-refractivity contribution in [1.29, 1.82) is 0 Å². The highest BCUT2D eigenvalue weighted by atomic mass is 16.5. The largest absolute Gasteiger partial charge is 0.497 e. The maximum atomic E-state index is 12.4. The van der Waals surface area contributed by atoms with Gasteiger partial charge in [0.1, 0.15) is 17.1 Å². The third-order valence-electron chi connectivity index (χ3n) is 3.32. The van der Waals surface area contributed by atoms with E-state index in [1.54, 1.807) is 32.2 Å². The topological polar surface area (TPSA) is 52.6 Å². The van der Waals surface area contributed by atoms with E-state index in [-0.39, 0.29) is 11.5 Å². The van der Waals surface area contributed by atoms with Crippen LogP contribution in [0.2, 0.25) is 0 Å². The Hall–Kier alpha value is -2.49. The molecule has 0 N–H and O–H groups in total. The molecule has 0 unspecified atom stereocenters. The smallest absolute Gasteiger partial charge is 0.263 e. The van der Waals surface area contributed by atoms with E-state index >= 15 is 0 Å². The lowest BCUT2D eigenvalue weighted by atomic mass is 10.1. The zero-order chi connectivity index (χ0) is 14.3.